The quantitative estimate of drug-likeness (QED) is 0.796. The number of anilines is 3. The number of rotatable bonds is 6. The lowest BCUT2D eigenvalue weighted by Crippen LogP contribution is -2.49. The van der Waals surface area contributed by atoms with Gasteiger partial charge in [0.15, 0.2) is 11.6 Å². The molecule has 29 heavy (non-hydrogen) atoms. The molecule has 1 N–H and O–H groups in total. The topological polar surface area (TPSA) is 61.4 Å². The van der Waals surface area contributed by atoms with Gasteiger partial charge >= 0.3 is 0 Å². The van der Waals surface area contributed by atoms with Crippen LogP contribution < -0.4 is 10.2 Å². The van der Waals surface area contributed by atoms with Crippen LogP contribution >= 0.6 is 0 Å². The van der Waals surface area contributed by atoms with E-state index >= 15 is 0 Å². The van der Waals surface area contributed by atoms with Crippen molar-refractivity contribution in [3.8, 4) is 0 Å². The first-order valence-corrected chi connectivity index (χ1v) is 11.0. The van der Waals surface area contributed by atoms with Crippen molar-refractivity contribution in [3.63, 3.8) is 0 Å². The summed E-state index contributed by atoms with van der Waals surface area (Å²) in [6, 6.07) is 13.9. The van der Waals surface area contributed by atoms with E-state index in [1.807, 2.05) is 47.4 Å². The third-order valence-corrected chi connectivity index (χ3v) is 6.14. The molecule has 0 atom stereocenters. The number of para-hydroxylation sites is 1. The maximum atomic E-state index is 12.6. The Bertz CT molecular complexity index is 766. The summed E-state index contributed by atoms with van der Waals surface area (Å²) >= 11 is 0. The molecule has 6 heteroatoms. The van der Waals surface area contributed by atoms with Crippen molar-refractivity contribution < 1.29 is 4.79 Å². The van der Waals surface area contributed by atoms with Gasteiger partial charge in [-0.2, -0.15) is 0 Å². The first kappa shape index (κ1) is 19.7. The van der Waals surface area contributed by atoms with E-state index in [0.29, 0.717) is 12.3 Å². The fraction of sp³-hybridized carbons (Fsp3) is 0.522. The standard InChI is InChI=1S/C23H31N5O/c29-23(14-11-19-7-3-1-4-8-19)28-17-15-27(16-18-28)22-13-12-21(25-26-22)24-20-9-5-2-6-10-20/h2,5-6,9-10,12-13,19H,1,3-4,7-8,11,14-18H2,(H,24,25). The maximum absolute atomic E-state index is 12.6. The second-order valence-electron chi connectivity index (χ2n) is 8.18. The van der Waals surface area contributed by atoms with Gasteiger partial charge in [-0.3, -0.25) is 4.79 Å². The zero-order chi connectivity index (χ0) is 19.9. The molecule has 0 bridgehead atoms. The molecule has 2 aliphatic rings. The Labute approximate surface area is 173 Å². The summed E-state index contributed by atoms with van der Waals surface area (Å²) in [5, 5.41) is 11.9. The van der Waals surface area contributed by atoms with Crippen molar-refractivity contribution in [2.45, 2.75) is 44.9 Å². The molecule has 1 aromatic heterocycles. The van der Waals surface area contributed by atoms with Gasteiger partial charge < -0.3 is 15.1 Å². The summed E-state index contributed by atoms with van der Waals surface area (Å²) in [6.45, 7) is 3.18. The number of piperazine rings is 1. The van der Waals surface area contributed by atoms with Crippen LogP contribution in [0.25, 0.3) is 0 Å². The maximum Gasteiger partial charge on any atom is 0.222 e. The van der Waals surface area contributed by atoms with Gasteiger partial charge in [0, 0.05) is 38.3 Å². The molecule has 0 unspecified atom stereocenters. The summed E-state index contributed by atoms with van der Waals surface area (Å²) in [5.74, 6) is 2.70. The lowest BCUT2D eigenvalue weighted by atomic mass is 9.86. The van der Waals surface area contributed by atoms with Crippen LogP contribution in [0.3, 0.4) is 0 Å². The molecule has 1 amide bonds. The minimum absolute atomic E-state index is 0.323. The van der Waals surface area contributed by atoms with Gasteiger partial charge in [-0.05, 0) is 36.6 Å². The zero-order valence-electron chi connectivity index (χ0n) is 17.1. The van der Waals surface area contributed by atoms with Crippen molar-refractivity contribution in [3.05, 3.63) is 42.5 Å². The minimum Gasteiger partial charge on any atom is -0.352 e. The zero-order valence-corrected chi connectivity index (χ0v) is 17.1. The van der Waals surface area contributed by atoms with E-state index < -0.39 is 0 Å². The van der Waals surface area contributed by atoms with Gasteiger partial charge in [0.2, 0.25) is 5.91 Å². The van der Waals surface area contributed by atoms with Crippen LogP contribution in [0.2, 0.25) is 0 Å². The third kappa shape index (κ3) is 5.46. The Morgan fingerprint density at radius 3 is 2.38 bits per heavy atom. The van der Waals surface area contributed by atoms with Crippen molar-refractivity contribution in [2.24, 2.45) is 5.92 Å². The number of aromatic nitrogens is 2. The van der Waals surface area contributed by atoms with E-state index in [1.54, 1.807) is 0 Å². The molecule has 4 rings (SSSR count). The highest BCUT2D eigenvalue weighted by Crippen LogP contribution is 2.27. The number of nitrogens with one attached hydrogen (secondary N) is 1. The smallest absolute Gasteiger partial charge is 0.222 e. The fourth-order valence-electron chi connectivity index (χ4n) is 4.38. The second-order valence-corrected chi connectivity index (χ2v) is 8.18. The number of hydrogen-bond donors (Lipinski definition) is 1. The Hall–Kier alpha value is -2.63. The molecular formula is C23H31N5O. The van der Waals surface area contributed by atoms with Crippen molar-refractivity contribution in [1.29, 1.82) is 0 Å². The molecule has 1 saturated heterocycles. The fourth-order valence-corrected chi connectivity index (χ4v) is 4.38. The van der Waals surface area contributed by atoms with Gasteiger partial charge in [-0.15, -0.1) is 10.2 Å². The molecule has 1 aliphatic heterocycles. The molecule has 6 nitrogen and oxygen atoms in total. The highest BCUT2D eigenvalue weighted by molar-refractivity contribution is 5.76. The largest absolute Gasteiger partial charge is 0.352 e. The first-order valence-electron chi connectivity index (χ1n) is 11.0. The van der Waals surface area contributed by atoms with Crippen LogP contribution in [0.1, 0.15) is 44.9 Å². The van der Waals surface area contributed by atoms with Crippen molar-refractivity contribution in [1.82, 2.24) is 15.1 Å². The lowest BCUT2D eigenvalue weighted by Gasteiger charge is -2.35. The average molecular weight is 394 g/mol. The van der Waals surface area contributed by atoms with E-state index in [4.69, 9.17) is 0 Å². The Kier molecular flexibility index (Phi) is 6.60. The van der Waals surface area contributed by atoms with Gasteiger partial charge in [0.25, 0.3) is 0 Å². The molecule has 2 fully saturated rings. The van der Waals surface area contributed by atoms with Crippen LogP contribution in [0.5, 0.6) is 0 Å². The van der Waals surface area contributed by atoms with Crippen molar-refractivity contribution in [2.75, 3.05) is 36.4 Å². The van der Waals surface area contributed by atoms with Gasteiger partial charge in [0.05, 0.1) is 0 Å². The normalized spacial score (nSPS) is 17.9. The molecule has 1 saturated carbocycles. The Morgan fingerprint density at radius 2 is 1.69 bits per heavy atom. The predicted molar refractivity (Wildman–Crippen MR) is 116 cm³/mol. The lowest BCUT2D eigenvalue weighted by molar-refractivity contribution is -0.131. The summed E-state index contributed by atoms with van der Waals surface area (Å²) in [7, 11) is 0. The van der Waals surface area contributed by atoms with Crippen LogP contribution in [0.4, 0.5) is 17.3 Å². The van der Waals surface area contributed by atoms with Gasteiger partial charge in [-0.1, -0.05) is 50.3 Å². The molecule has 0 spiro atoms. The average Bonchev–Trinajstić information content (AvgIpc) is 2.79. The summed E-state index contributed by atoms with van der Waals surface area (Å²) in [5.41, 5.74) is 0.995. The SMILES string of the molecule is O=C(CCC1CCCCC1)N1CCN(c2ccc(Nc3ccccc3)nn2)CC1. The molecule has 1 aromatic carbocycles. The molecule has 2 aromatic rings. The van der Waals surface area contributed by atoms with Crippen LogP contribution in [0, 0.1) is 5.92 Å². The molecule has 154 valence electrons. The van der Waals surface area contributed by atoms with Crippen LogP contribution in [-0.4, -0.2) is 47.2 Å². The van der Waals surface area contributed by atoms with E-state index in [-0.39, 0.29) is 0 Å². The Balaban J connectivity index is 1.23. The minimum atomic E-state index is 0.323. The highest BCUT2D eigenvalue weighted by atomic mass is 16.2. The number of carbonyl (C=O) groups excluding carboxylic acids is 1. The predicted octanol–water partition coefficient (Wildman–Crippen LogP) is 4.23. The molecular weight excluding hydrogens is 362 g/mol. The van der Waals surface area contributed by atoms with Crippen LogP contribution in [-0.2, 0) is 4.79 Å². The number of amides is 1. The molecule has 2 heterocycles. The van der Waals surface area contributed by atoms with E-state index in [9.17, 15) is 4.79 Å². The highest BCUT2D eigenvalue weighted by Gasteiger charge is 2.23. The van der Waals surface area contributed by atoms with E-state index in [2.05, 4.69) is 20.4 Å². The van der Waals surface area contributed by atoms with Crippen LogP contribution in [0.15, 0.2) is 42.5 Å². The summed E-state index contributed by atoms with van der Waals surface area (Å²) in [6.07, 6.45) is 8.48. The number of nitrogens with zero attached hydrogens (tertiary/aromatic N) is 4. The Morgan fingerprint density at radius 1 is 0.931 bits per heavy atom. The van der Waals surface area contributed by atoms with E-state index in [1.165, 1.54) is 32.1 Å². The first-order chi connectivity index (χ1) is 14.3. The molecule has 1 aliphatic carbocycles. The van der Waals surface area contributed by atoms with Gasteiger partial charge in [-0.25, -0.2) is 0 Å². The van der Waals surface area contributed by atoms with Gasteiger partial charge in [0.1, 0.15) is 0 Å². The summed E-state index contributed by atoms with van der Waals surface area (Å²) < 4.78 is 0. The van der Waals surface area contributed by atoms with E-state index in [0.717, 1.165) is 55.8 Å². The number of hydrogen-bond acceptors (Lipinski definition) is 5. The monoisotopic (exact) mass is 393 g/mol. The second kappa shape index (κ2) is 9.72. The van der Waals surface area contributed by atoms with Crippen molar-refractivity contribution >= 4 is 23.2 Å². The number of carbonyl (C=O) groups is 1. The number of benzene rings is 1. The third-order valence-electron chi connectivity index (χ3n) is 6.14. The summed E-state index contributed by atoms with van der Waals surface area (Å²) in [4.78, 5) is 16.8. The molecule has 0 radical (unpaired) electrons.